The third-order valence-corrected chi connectivity index (χ3v) is 5.73. The smallest absolute Gasteiger partial charge is 0.237 e. The third-order valence-electron chi connectivity index (χ3n) is 4.75. The van der Waals surface area contributed by atoms with Gasteiger partial charge >= 0.3 is 0 Å². The molecule has 1 atom stereocenters. The minimum atomic E-state index is -0.436. The lowest BCUT2D eigenvalue weighted by molar-refractivity contribution is -0.134. The van der Waals surface area contributed by atoms with E-state index in [9.17, 15) is 9.90 Å². The summed E-state index contributed by atoms with van der Waals surface area (Å²) in [6.07, 6.45) is 5.47. The highest BCUT2D eigenvalue weighted by Crippen LogP contribution is 2.25. The number of amides is 1. The summed E-state index contributed by atoms with van der Waals surface area (Å²) in [5, 5.41) is 10.3. The van der Waals surface area contributed by atoms with Gasteiger partial charge in [0, 0.05) is 35.4 Å². The van der Waals surface area contributed by atoms with Crippen LogP contribution in [0.3, 0.4) is 0 Å². The van der Waals surface area contributed by atoms with Crippen LogP contribution in [0, 0.1) is 6.92 Å². The van der Waals surface area contributed by atoms with Crippen molar-refractivity contribution in [2.75, 3.05) is 19.6 Å². The van der Waals surface area contributed by atoms with Crippen molar-refractivity contribution in [3.05, 3.63) is 21.9 Å². The Hall–Kier alpha value is -0.910. The second kappa shape index (κ2) is 7.11. The standard InChI is InChI=1S/C17H26N2O2S/c1-13-7-8-16(22-13)11-18-9-15(20)10-19(17(21)12-18)14-5-3-2-4-6-14/h7-8,14-15,20H,2-6,9-12H2,1H3. The summed E-state index contributed by atoms with van der Waals surface area (Å²) in [5.41, 5.74) is 0. The molecule has 1 aromatic heterocycles. The van der Waals surface area contributed by atoms with Crippen LogP contribution in [0.15, 0.2) is 12.1 Å². The van der Waals surface area contributed by atoms with Crippen molar-refractivity contribution in [1.82, 2.24) is 9.80 Å². The number of hydrogen-bond acceptors (Lipinski definition) is 4. The summed E-state index contributed by atoms with van der Waals surface area (Å²) in [7, 11) is 0. The zero-order valence-electron chi connectivity index (χ0n) is 13.3. The van der Waals surface area contributed by atoms with Crippen molar-refractivity contribution in [3.8, 4) is 0 Å². The first kappa shape index (κ1) is 16.0. The molecule has 122 valence electrons. The molecule has 3 rings (SSSR count). The minimum absolute atomic E-state index is 0.191. The molecule has 1 aromatic rings. The Bertz CT molecular complexity index is 511. The fraction of sp³-hybridized carbons (Fsp3) is 0.706. The molecule has 0 aromatic carbocycles. The summed E-state index contributed by atoms with van der Waals surface area (Å²) in [4.78, 5) is 19.3. The van der Waals surface area contributed by atoms with Crippen molar-refractivity contribution >= 4 is 17.2 Å². The molecule has 1 amide bonds. The molecular formula is C17H26N2O2S. The molecule has 0 spiro atoms. The van der Waals surface area contributed by atoms with Gasteiger partial charge in [-0.3, -0.25) is 9.69 Å². The fourth-order valence-electron chi connectivity index (χ4n) is 3.69. The van der Waals surface area contributed by atoms with Crippen LogP contribution in [0.25, 0.3) is 0 Å². The lowest BCUT2D eigenvalue weighted by atomic mass is 9.94. The van der Waals surface area contributed by atoms with E-state index in [4.69, 9.17) is 0 Å². The number of aliphatic hydroxyl groups excluding tert-OH is 1. The zero-order chi connectivity index (χ0) is 15.5. The number of thiophene rings is 1. The second-order valence-corrected chi connectivity index (χ2v) is 8.05. The van der Waals surface area contributed by atoms with E-state index in [2.05, 4.69) is 24.0 Å². The van der Waals surface area contributed by atoms with Gasteiger partial charge in [0.15, 0.2) is 0 Å². The number of hydrogen-bond donors (Lipinski definition) is 1. The highest BCUT2D eigenvalue weighted by atomic mass is 32.1. The maximum atomic E-state index is 12.6. The van der Waals surface area contributed by atoms with Crippen LogP contribution < -0.4 is 0 Å². The number of nitrogens with zero attached hydrogens (tertiary/aromatic N) is 2. The molecule has 2 fully saturated rings. The largest absolute Gasteiger partial charge is 0.390 e. The topological polar surface area (TPSA) is 43.8 Å². The van der Waals surface area contributed by atoms with Gasteiger partial charge < -0.3 is 10.0 Å². The molecule has 22 heavy (non-hydrogen) atoms. The van der Waals surface area contributed by atoms with E-state index < -0.39 is 6.10 Å². The molecule has 1 saturated carbocycles. The molecule has 2 heterocycles. The van der Waals surface area contributed by atoms with Crippen LogP contribution in [0.5, 0.6) is 0 Å². The number of carbonyl (C=O) groups excluding carboxylic acids is 1. The quantitative estimate of drug-likeness (QED) is 0.929. The van der Waals surface area contributed by atoms with Crippen molar-refractivity contribution in [1.29, 1.82) is 0 Å². The molecule has 1 aliphatic carbocycles. The van der Waals surface area contributed by atoms with Crippen LogP contribution >= 0.6 is 11.3 Å². The molecule has 0 radical (unpaired) electrons. The molecular weight excluding hydrogens is 296 g/mol. The summed E-state index contributed by atoms with van der Waals surface area (Å²) in [6.45, 7) is 4.39. The first-order chi connectivity index (χ1) is 10.6. The summed E-state index contributed by atoms with van der Waals surface area (Å²) >= 11 is 1.77. The summed E-state index contributed by atoms with van der Waals surface area (Å²) in [6, 6.07) is 4.59. The van der Waals surface area contributed by atoms with E-state index in [0.717, 1.165) is 19.4 Å². The van der Waals surface area contributed by atoms with Gasteiger partial charge in [0.1, 0.15) is 0 Å². The SMILES string of the molecule is Cc1ccc(CN2CC(=O)N(C3CCCCC3)CC(O)C2)s1. The monoisotopic (exact) mass is 322 g/mol. The normalized spacial score (nSPS) is 25.5. The Kier molecular flexibility index (Phi) is 5.16. The van der Waals surface area contributed by atoms with Gasteiger partial charge in [-0.15, -0.1) is 11.3 Å². The van der Waals surface area contributed by atoms with Crippen molar-refractivity contribution < 1.29 is 9.90 Å². The Balaban J connectivity index is 1.65. The number of β-amino-alcohol motifs (C(OH)–C–C–N with tert-alkyl or cyclic N) is 1. The van der Waals surface area contributed by atoms with Crippen molar-refractivity contribution in [2.45, 2.75) is 57.7 Å². The average molecular weight is 322 g/mol. The Morgan fingerprint density at radius 3 is 2.68 bits per heavy atom. The molecule has 4 nitrogen and oxygen atoms in total. The van der Waals surface area contributed by atoms with E-state index in [1.54, 1.807) is 11.3 Å². The van der Waals surface area contributed by atoms with Crippen LogP contribution in [0.2, 0.25) is 0 Å². The molecule has 1 N–H and O–H groups in total. The zero-order valence-corrected chi connectivity index (χ0v) is 14.1. The van der Waals surface area contributed by atoms with E-state index >= 15 is 0 Å². The first-order valence-corrected chi connectivity index (χ1v) is 9.18. The molecule has 1 unspecified atom stereocenters. The van der Waals surface area contributed by atoms with Crippen LogP contribution in [-0.2, 0) is 11.3 Å². The van der Waals surface area contributed by atoms with Crippen LogP contribution in [-0.4, -0.2) is 52.6 Å². The molecule has 1 aliphatic heterocycles. The van der Waals surface area contributed by atoms with Crippen molar-refractivity contribution in [2.24, 2.45) is 0 Å². The lowest BCUT2D eigenvalue weighted by Gasteiger charge is -2.34. The number of aryl methyl sites for hydroxylation is 1. The Morgan fingerprint density at radius 2 is 2.00 bits per heavy atom. The minimum Gasteiger partial charge on any atom is -0.390 e. The van der Waals surface area contributed by atoms with Crippen LogP contribution in [0.4, 0.5) is 0 Å². The number of rotatable bonds is 3. The maximum Gasteiger partial charge on any atom is 0.237 e. The molecule has 0 bridgehead atoms. The van der Waals surface area contributed by atoms with Crippen molar-refractivity contribution in [3.63, 3.8) is 0 Å². The third kappa shape index (κ3) is 3.89. The van der Waals surface area contributed by atoms with E-state index in [1.807, 2.05) is 4.90 Å². The van der Waals surface area contributed by atoms with Gasteiger partial charge in [-0.05, 0) is 31.9 Å². The predicted octanol–water partition coefficient (Wildman–Crippen LogP) is 2.39. The molecule has 5 heteroatoms. The van der Waals surface area contributed by atoms with E-state index in [1.165, 1.54) is 29.0 Å². The first-order valence-electron chi connectivity index (χ1n) is 8.37. The maximum absolute atomic E-state index is 12.6. The van der Waals surface area contributed by atoms with E-state index in [-0.39, 0.29) is 5.91 Å². The fourth-order valence-corrected chi connectivity index (χ4v) is 4.62. The molecule has 2 aliphatic rings. The van der Waals surface area contributed by atoms with Gasteiger partial charge in [0.2, 0.25) is 5.91 Å². The van der Waals surface area contributed by atoms with Gasteiger partial charge in [0.25, 0.3) is 0 Å². The molecule has 1 saturated heterocycles. The predicted molar refractivity (Wildman–Crippen MR) is 88.9 cm³/mol. The van der Waals surface area contributed by atoms with Gasteiger partial charge in [-0.2, -0.15) is 0 Å². The number of carbonyl (C=O) groups is 1. The highest BCUT2D eigenvalue weighted by Gasteiger charge is 2.32. The second-order valence-electron chi connectivity index (χ2n) is 6.67. The van der Waals surface area contributed by atoms with Gasteiger partial charge in [-0.1, -0.05) is 19.3 Å². The summed E-state index contributed by atoms with van der Waals surface area (Å²) < 4.78 is 0. The van der Waals surface area contributed by atoms with Gasteiger partial charge in [0.05, 0.1) is 12.6 Å². The van der Waals surface area contributed by atoms with Crippen LogP contribution in [0.1, 0.15) is 41.9 Å². The number of aliphatic hydroxyl groups is 1. The Labute approximate surface area is 136 Å². The average Bonchev–Trinajstić information content (AvgIpc) is 2.84. The van der Waals surface area contributed by atoms with Gasteiger partial charge in [-0.25, -0.2) is 0 Å². The lowest BCUT2D eigenvalue weighted by Crippen LogP contribution is -2.45. The summed E-state index contributed by atoms with van der Waals surface area (Å²) in [5.74, 6) is 0.191. The van der Waals surface area contributed by atoms with E-state index in [0.29, 0.717) is 25.7 Å². The highest BCUT2D eigenvalue weighted by molar-refractivity contribution is 7.11. The Morgan fingerprint density at radius 1 is 1.23 bits per heavy atom.